The molecular weight excluding hydrogens is 438 g/mol. The normalized spacial score (nSPS) is 17.8. The average molecular weight is 468 g/mol. The van der Waals surface area contributed by atoms with Crippen LogP contribution in [0.2, 0.25) is 0 Å². The van der Waals surface area contributed by atoms with Gasteiger partial charge >= 0.3 is 11.9 Å². The van der Waals surface area contributed by atoms with Gasteiger partial charge in [0.1, 0.15) is 0 Å². The predicted molar refractivity (Wildman–Crippen MR) is 115 cm³/mol. The van der Waals surface area contributed by atoms with E-state index >= 15 is 0 Å². The Morgan fingerprint density at radius 2 is 1.52 bits per heavy atom. The van der Waals surface area contributed by atoms with E-state index in [9.17, 15) is 18.4 Å². The summed E-state index contributed by atoms with van der Waals surface area (Å²) in [7, 11) is 0. The highest BCUT2D eigenvalue weighted by Crippen LogP contribution is 2.32. The standard InChI is InChI=1S/C24H30F2O7/c1-15(2)22(27)30-10-5-7-17-13-32-24(33-14-17)18-8-9-19(21(26)20(18)25)29-11-6-12-31-23(28)16(3)4/h8-9,17,24H,1,3,5-7,10-14H2,2,4H3. The number of benzene rings is 1. The first-order chi connectivity index (χ1) is 15.7. The Bertz CT molecular complexity index is 861. The molecule has 9 heteroatoms. The molecule has 0 saturated carbocycles. The second-order valence-electron chi connectivity index (χ2n) is 7.82. The third kappa shape index (κ3) is 8.25. The van der Waals surface area contributed by atoms with Gasteiger partial charge in [0.25, 0.3) is 0 Å². The van der Waals surface area contributed by atoms with E-state index in [0.717, 1.165) is 0 Å². The Labute approximate surface area is 192 Å². The van der Waals surface area contributed by atoms with Gasteiger partial charge in [-0.05, 0) is 38.8 Å². The van der Waals surface area contributed by atoms with Crippen molar-refractivity contribution >= 4 is 11.9 Å². The highest BCUT2D eigenvalue weighted by Gasteiger charge is 2.28. The lowest BCUT2D eigenvalue weighted by atomic mass is 10.0. The summed E-state index contributed by atoms with van der Waals surface area (Å²) in [6, 6.07) is 2.67. The third-order valence-corrected chi connectivity index (χ3v) is 4.76. The van der Waals surface area contributed by atoms with Gasteiger partial charge in [0.15, 0.2) is 17.9 Å². The number of carbonyl (C=O) groups is 2. The van der Waals surface area contributed by atoms with Crippen LogP contribution in [0.1, 0.15) is 45.0 Å². The van der Waals surface area contributed by atoms with Gasteiger partial charge in [-0.1, -0.05) is 13.2 Å². The van der Waals surface area contributed by atoms with Crippen LogP contribution in [-0.4, -0.2) is 45.0 Å². The van der Waals surface area contributed by atoms with E-state index in [-0.39, 0.29) is 42.6 Å². The molecule has 1 aromatic carbocycles. The fourth-order valence-electron chi connectivity index (χ4n) is 2.92. The van der Waals surface area contributed by atoms with E-state index in [1.54, 1.807) is 6.92 Å². The summed E-state index contributed by atoms with van der Waals surface area (Å²) in [6.45, 7) is 11.1. The Morgan fingerprint density at radius 3 is 2.09 bits per heavy atom. The molecule has 0 bridgehead atoms. The number of halogens is 2. The summed E-state index contributed by atoms with van der Waals surface area (Å²) >= 11 is 0. The zero-order chi connectivity index (χ0) is 24.4. The van der Waals surface area contributed by atoms with Crippen molar-refractivity contribution in [3.63, 3.8) is 0 Å². The quantitative estimate of drug-likeness (QED) is 0.255. The van der Waals surface area contributed by atoms with E-state index in [1.165, 1.54) is 19.1 Å². The van der Waals surface area contributed by atoms with E-state index < -0.39 is 29.9 Å². The van der Waals surface area contributed by atoms with Crippen LogP contribution < -0.4 is 4.74 Å². The smallest absolute Gasteiger partial charge is 0.333 e. The molecule has 0 aliphatic carbocycles. The van der Waals surface area contributed by atoms with Crippen molar-refractivity contribution in [2.75, 3.05) is 33.0 Å². The monoisotopic (exact) mass is 468 g/mol. The lowest BCUT2D eigenvalue weighted by molar-refractivity contribution is -0.207. The molecule has 7 nitrogen and oxygen atoms in total. The first-order valence-corrected chi connectivity index (χ1v) is 10.7. The minimum absolute atomic E-state index is 0.0406. The van der Waals surface area contributed by atoms with Gasteiger partial charge in [-0.25, -0.2) is 14.0 Å². The fourth-order valence-corrected chi connectivity index (χ4v) is 2.92. The predicted octanol–water partition coefficient (Wildman–Crippen LogP) is 4.41. The lowest BCUT2D eigenvalue weighted by Gasteiger charge is -2.30. The average Bonchev–Trinajstić information content (AvgIpc) is 2.79. The maximum Gasteiger partial charge on any atom is 0.333 e. The van der Waals surface area contributed by atoms with Gasteiger partial charge in [0, 0.05) is 29.0 Å². The summed E-state index contributed by atoms with van der Waals surface area (Å²) in [5, 5.41) is 0. The molecule has 1 aliphatic heterocycles. The van der Waals surface area contributed by atoms with Gasteiger partial charge in [0.2, 0.25) is 5.82 Å². The molecule has 0 radical (unpaired) electrons. The van der Waals surface area contributed by atoms with Crippen LogP contribution in [0.4, 0.5) is 8.78 Å². The lowest BCUT2D eigenvalue weighted by Crippen LogP contribution is -2.28. The molecule has 0 atom stereocenters. The van der Waals surface area contributed by atoms with Gasteiger partial charge in [-0.3, -0.25) is 0 Å². The molecule has 0 aromatic heterocycles. The molecule has 1 aliphatic rings. The van der Waals surface area contributed by atoms with E-state index in [2.05, 4.69) is 13.2 Å². The minimum atomic E-state index is -1.14. The number of esters is 2. The van der Waals surface area contributed by atoms with Crippen molar-refractivity contribution in [2.45, 2.75) is 39.4 Å². The summed E-state index contributed by atoms with van der Waals surface area (Å²) in [5.74, 6) is -3.38. The summed E-state index contributed by atoms with van der Waals surface area (Å²) in [5.41, 5.74) is 0.572. The number of hydrogen-bond donors (Lipinski definition) is 0. The number of carbonyl (C=O) groups excluding carboxylic acids is 2. The van der Waals surface area contributed by atoms with Crippen molar-refractivity contribution < 1.29 is 42.1 Å². The first-order valence-electron chi connectivity index (χ1n) is 10.7. The summed E-state index contributed by atoms with van der Waals surface area (Å²) < 4.78 is 55.3. The molecule has 0 spiro atoms. The summed E-state index contributed by atoms with van der Waals surface area (Å²) in [6.07, 6.45) is 0.613. The number of ether oxygens (including phenoxy) is 5. The SMILES string of the molecule is C=C(C)C(=O)OCCCOc1ccc(C2OCC(CCCOC(=O)C(=C)C)CO2)c(F)c1F. The van der Waals surface area contributed by atoms with Gasteiger partial charge < -0.3 is 23.7 Å². The van der Waals surface area contributed by atoms with Gasteiger partial charge in [-0.15, -0.1) is 0 Å². The molecule has 33 heavy (non-hydrogen) atoms. The van der Waals surface area contributed by atoms with Gasteiger partial charge in [-0.2, -0.15) is 4.39 Å². The van der Waals surface area contributed by atoms with Crippen LogP contribution in [0.15, 0.2) is 36.4 Å². The Hall–Kier alpha value is -2.78. The van der Waals surface area contributed by atoms with Crippen LogP contribution in [0.3, 0.4) is 0 Å². The van der Waals surface area contributed by atoms with E-state index in [1.807, 2.05) is 0 Å². The highest BCUT2D eigenvalue weighted by molar-refractivity contribution is 5.87. The van der Waals surface area contributed by atoms with E-state index in [0.29, 0.717) is 38.0 Å². The highest BCUT2D eigenvalue weighted by atomic mass is 19.2. The van der Waals surface area contributed by atoms with Crippen LogP contribution >= 0.6 is 0 Å². The van der Waals surface area contributed by atoms with Crippen LogP contribution in [-0.2, 0) is 28.5 Å². The number of hydrogen-bond acceptors (Lipinski definition) is 7. The molecular formula is C24H30F2O7. The Morgan fingerprint density at radius 1 is 0.939 bits per heavy atom. The largest absolute Gasteiger partial charge is 0.490 e. The fraction of sp³-hybridized carbons (Fsp3) is 0.500. The van der Waals surface area contributed by atoms with Crippen molar-refractivity contribution in [1.82, 2.24) is 0 Å². The summed E-state index contributed by atoms with van der Waals surface area (Å²) in [4.78, 5) is 22.6. The van der Waals surface area contributed by atoms with Crippen molar-refractivity contribution in [3.8, 4) is 5.75 Å². The van der Waals surface area contributed by atoms with Crippen LogP contribution in [0, 0.1) is 17.6 Å². The first kappa shape index (κ1) is 26.5. The topological polar surface area (TPSA) is 80.3 Å². The minimum Gasteiger partial charge on any atom is -0.490 e. The van der Waals surface area contributed by atoms with Crippen LogP contribution in [0.25, 0.3) is 0 Å². The molecule has 0 N–H and O–H groups in total. The van der Waals surface area contributed by atoms with Crippen molar-refractivity contribution in [3.05, 3.63) is 53.6 Å². The van der Waals surface area contributed by atoms with Crippen molar-refractivity contribution in [1.29, 1.82) is 0 Å². The molecule has 1 fully saturated rings. The molecule has 1 heterocycles. The molecule has 1 saturated heterocycles. The van der Waals surface area contributed by atoms with Crippen LogP contribution in [0.5, 0.6) is 5.75 Å². The second-order valence-corrected chi connectivity index (χ2v) is 7.82. The molecule has 2 rings (SSSR count). The Balaban J connectivity index is 1.76. The Kier molecular flexibility index (Phi) is 10.5. The molecule has 0 amide bonds. The molecule has 182 valence electrons. The maximum absolute atomic E-state index is 14.6. The molecule has 1 aromatic rings. The second kappa shape index (κ2) is 13.1. The maximum atomic E-state index is 14.6. The van der Waals surface area contributed by atoms with Gasteiger partial charge in [0.05, 0.1) is 33.0 Å². The zero-order valence-electron chi connectivity index (χ0n) is 19.0. The number of rotatable bonds is 12. The van der Waals surface area contributed by atoms with E-state index in [4.69, 9.17) is 23.7 Å². The van der Waals surface area contributed by atoms with Crippen molar-refractivity contribution in [2.24, 2.45) is 5.92 Å². The third-order valence-electron chi connectivity index (χ3n) is 4.76. The zero-order valence-corrected chi connectivity index (χ0v) is 19.0. The molecule has 0 unspecified atom stereocenters.